The van der Waals surface area contributed by atoms with Gasteiger partial charge < -0.3 is 25.0 Å². The summed E-state index contributed by atoms with van der Waals surface area (Å²) in [5.41, 5.74) is 4.23. The van der Waals surface area contributed by atoms with Crippen molar-refractivity contribution in [1.29, 1.82) is 0 Å². The maximum absolute atomic E-state index is 12.7. The summed E-state index contributed by atoms with van der Waals surface area (Å²) in [7, 11) is 0. The molecule has 0 spiro atoms. The Hall–Kier alpha value is -4.15. The SMILES string of the molecule is CCOC(=O)c1cnn2c(-c3cccc(NC(=O)Nc4ccc(N5CCOCC5)c(Cl)c4)c3)ccnc12. The third kappa shape index (κ3) is 5.35. The van der Waals surface area contributed by atoms with Crippen molar-refractivity contribution >= 4 is 46.3 Å². The fraction of sp³-hybridized carbons (Fsp3) is 0.231. The van der Waals surface area contributed by atoms with Gasteiger partial charge in [0, 0.05) is 36.2 Å². The molecule has 0 radical (unpaired) electrons. The van der Waals surface area contributed by atoms with E-state index >= 15 is 0 Å². The summed E-state index contributed by atoms with van der Waals surface area (Å²) < 4.78 is 12.1. The van der Waals surface area contributed by atoms with Gasteiger partial charge in [-0.25, -0.2) is 19.1 Å². The molecule has 1 aliphatic heterocycles. The molecule has 1 saturated heterocycles. The second-order valence-electron chi connectivity index (χ2n) is 8.27. The van der Waals surface area contributed by atoms with Crippen LogP contribution in [0.5, 0.6) is 0 Å². The van der Waals surface area contributed by atoms with Gasteiger partial charge in [0.25, 0.3) is 0 Å². The van der Waals surface area contributed by atoms with Gasteiger partial charge in [0.1, 0.15) is 5.56 Å². The minimum Gasteiger partial charge on any atom is -0.462 e. The molecule has 10 nitrogen and oxygen atoms in total. The van der Waals surface area contributed by atoms with Crippen molar-refractivity contribution in [2.45, 2.75) is 6.92 Å². The number of carbonyl (C=O) groups is 2. The molecule has 0 saturated carbocycles. The zero-order valence-corrected chi connectivity index (χ0v) is 20.9. The minimum atomic E-state index is -0.479. The van der Waals surface area contributed by atoms with E-state index in [2.05, 4.69) is 25.6 Å². The van der Waals surface area contributed by atoms with E-state index in [0.717, 1.165) is 24.3 Å². The Kier molecular flexibility index (Phi) is 7.20. The number of aromatic nitrogens is 3. The molecular formula is C26H25ClN6O4. The predicted octanol–water partition coefficient (Wildman–Crippen LogP) is 4.71. The minimum absolute atomic E-state index is 0.260. The molecule has 5 rings (SSSR count). The highest BCUT2D eigenvalue weighted by atomic mass is 35.5. The summed E-state index contributed by atoms with van der Waals surface area (Å²) >= 11 is 6.49. The summed E-state index contributed by atoms with van der Waals surface area (Å²) in [5.74, 6) is -0.479. The fourth-order valence-corrected chi connectivity index (χ4v) is 4.46. The second-order valence-corrected chi connectivity index (χ2v) is 8.68. The maximum atomic E-state index is 12.7. The number of fused-ring (bicyclic) bond motifs is 1. The van der Waals surface area contributed by atoms with Crippen LogP contribution in [0.2, 0.25) is 5.02 Å². The first-order chi connectivity index (χ1) is 18.0. The molecule has 2 N–H and O–H groups in total. The van der Waals surface area contributed by atoms with Gasteiger partial charge in [-0.3, -0.25) is 0 Å². The van der Waals surface area contributed by atoms with Gasteiger partial charge in [-0.15, -0.1) is 0 Å². The van der Waals surface area contributed by atoms with Crippen LogP contribution in [0.4, 0.5) is 21.9 Å². The van der Waals surface area contributed by atoms with Gasteiger partial charge in [-0.1, -0.05) is 23.7 Å². The van der Waals surface area contributed by atoms with E-state index in [1.165, 1.54) is 6.20 Å². The van der Waals surface area contributed by atoms with E-state index in [1.54, 1.807) is 35.8 Å². The molecule has 2 aromatic carbocycles. The number of esters is 1. The smallest absolute Gasteiger partial charge is 0.343 e. The number of rotatable bonds is 6. The van der Waals surface area contributed by atoms with Gasteiger partial charge in [0.2, 0.25) is 0 Å². The quantitative estimate of drug-likeness (QED) is 0.354. The first kappa shape index (κ1) is 24.5. The molecule has 37 heavy (non-hydrogen) atoms. The van der Waals surface area contributed by atoms with Gasteiger partial charge >= 0.3 is 12.0 Å². The fourth-order valence-electron chi connectivity index (χ4n) is 4.16. The molecule has 0 aliphatic carbocycles. The Balaban J connectivity index is 1.31. The summed E-state index contributed by atoms with van der Waals surface area (Å²) in [6, 6.07) is 14.1. The van der Waals surface area contributed by atoms with Crippen LogP contribution in [0.1, 0.15) is 17.3 Å². The number of nitrogens with one attached hydrogen (secondary N) is 2. The highest BCUT2D eigenvalue weighted by Gasteiger charge is 2.18. The number of amides is 2. The number of benzene rings is 2. The summed E-state index contributed by atoms with van der Waals surface area (Å²) in [5, 5.41) is 10.6. The van der Waals surface area contributed by atoms with Crippen LogP contribution in [0.3, 0.4) is 0 Å². The highest BCUT2D eigenvalue weighted by molar-refractivity contribution is 6.33. The number of hydrogen-bond acceptors (Lipinski definition) is 7. The average Bonchev–Trinajstić information content (AvgIpc) is 3.34. The summed E-state index contributed by atoms with van der Waals surface area (Å²) in [6.45, 7) is 4.87. The Bertz CT molecular complexity index is 1450. The van der Waals surface area contributed by atoms with Crippen molar-refractivity contribution < 1.29 is 19.1 Å². The van der Waals surface area contributed by atoms with Gasteiger partial charge in [0.05, 0.1) is 42.4 Å². The van der Waals surface area contributed by atoms with E-state index in [4.69, 9.17) is 21.1 Å². The van der Waals surface area contributed by atoms with Crippen molar-refractivity contribution in [3.05, 3.63) is 71.5 Å². The lowest BCUT2D eigenvalue weighted by Gasteiger charge is -2.29. The van der Waals surface area contributed by atoms with Gasteiger partial charge in [0.15, 0.2) is 5.65 Å². The van der Waals surface area contributed by atoms with Crippen LogP contribution in [0.25, 0.3) is 16.9 Å². The molecule has 1 fully saturated rings. The topological polar surface area (TPSA) is 110 Å². The summed E-state index contributed by atoms with van der Waals surface area (Å²) in [6.07, 6.45) is 3.04. The second kappa shape index (κ2) is 10.9. The lowest BCUT2D eigenvalue weighted by molar-refractivity contribution is 0.0528. The molecule has 0 atom stereocenters. The monoisotopic (exact) mass is 520 g/mol. The Morgan fingerprint density at radius 1 is 1.08 bits per heavy atom. The lowest BCUT2D eigenvalue weighted by Crippen LogP contribution is -2.36. The standard InChI is InChI=1S/C26H25ClN6O4/c1-2-37-25(34)20-16-29-33-22(8-9-28-24(20)33)17-4-3-5-18(14-17)30-26(35)31-19-6-7-23(21(27)15-19)32-10-12-36-13-11-32/h3-9,14-16H,2,10-13H2,1H3,(H2,30,31,35). The van der Waals surface area contributed by atoms with Crippen molar-refractivity contribution in [2.75, 3.05) is 48.4 Å². The number of morpholine rings is 1. The molecule has 0 unspecified atom stereocenters. The van der Waals surface area contributed by atoms with Crippen LogP contribution in [-0.4, -0.2) is 59.5 Å². The number of urea groups is 1. The molecular weight excluding hydrogens is 496 g/mol. The van der Waals surface area contributed by atoms with Crippen molar-refractivity contribution in [2.24, 2.45) is 0 Å². The summed E-state index contributed by atoms with van der Waals surface area (Å²) in [4.78, 5) is 31.4. The molecule has 0 bridgehead atoms. The third-order valence-electron chi connectivity index (χ3n) is 5.87. The third-order valence-corrected chi connectivity index (χ3v) is 6.17. The Morgan fingerprint density at radius 3 is 2.62 bits per heavy atom. The number of halogens is 1. The molecule has 11 heteroatoms. The average molecular weight is 521 g/mol. The molecule has 4 aromatic rings. The zero-order chi connectivity index (χ0) is 25.8. The maximum Gasteiger partial charge on any atom is 0.343 e. The van der Waals surface area contributed by atoms with Crippen LogP contribution in [-0.2, 0) is 9.47 Å². The Morgan fingerprint density at radius 2 is 1.86 bits per heavy atom. The number of hydrogen-bond donors (Lipinski definition) is 2. The molecule has 1 aliphatic rings. The first-order valence-electron chi connectivity index (χ1n) is 11.8. The molecule has 2 amide bonds. The zero-order valence-electron chi connectivity index (χ0n) is 20.1. The predicted molar refractivity (Wildman–Crippen MR) is 142 cm³/mol. The number of nitrogens with zero attached hydrogens (tertiary/aromatic N) is 4. The number of ether oxygens (including phenoxy) is 2. The molecule has 2 aromatic heterocycles. The first-order valence-corrected chi connectivity index (χ1v) is 12.2. The van der Waals surface area contributed by atoms with Crippen LogP contribution in [0.15, 0.2) is 60.9 Å². The van der Waals surface area contributed by atoms with E-state index in [9.17, 15) is 9.59 Å². The molecule has 190 valence electrons. The lowest BCUT2D eigenvalue weighted by atomic mass is 10.1. The van der Waals surface area contributed by atoms with E-state index < -0.39 is 12.0 Å². The number of carbonyl (C=O) groups excluding carboxylic acids is 2. The van der Waals surface area contributed by atoms with Gasteiger partial charge in [-0.05, 0) is 43.3 Å². The number of anilines is 3. The van der Waals surface area contributed by atoms with Gasteiger partial charge in [-0.2, -0.15) is 5.10 Å². The van der Waals surface area contributed by atoms with Crippen LogP contribution >= 0.6 is 11.6 Å². The van der Waals surface area contributed by atoms with E-state index in [1.807, 2.05) is 30.3 Å². The largest absolute Gasteiger partial charge is 0.462 e. The normalized spacial score (nSPS) is 13.4. The van der Waals surface area contributed by atoms with E-state index in [0.29, 0.717) is 41.0 Å². The van der Waals surface area contributed by atoms with Crippen molar-refractivity contribution in [1.82, 2.24) is 14.6 Å². The Labute approximate surface area is 218 Å². The highest BCUT2D eigenvalue weighted by Crippen LogP contribution is 2.30. The van der Waals surface area contributed by atoms with E-state index in [-0.39, 0.29) is 12.2 Å². The van der Waals surface area contributed by atoms with Crippen molar-refractivity contribution in [3.8, 4) is 11.3 Å². The van der Waals surface area contributed by atoms with Crippen LogP contribution in [0, 0.1) is 0 Å². The molecule has 3 heterocycles. The van der Waals surface area contributed by atoms with Crippen molar-refractivity contribution in [3.63, 3.8) is 0 Å². The van der Waals surface area contributed by atoms with Crippen LogP contribution < -0.4 is 15.5 Å².